The summed E-state index contributed by atoms with van der Waals surface area (Å²) in [7, 11) is 1.69. The maximum absolute atomic E-state index is 12.7. The number of hydrogen-bond donors (Lipinski definition) is 0. The lowest BCUT2D eigenvalue weighted by Crippen LogP contribution is -2.54. The first kappa shape index (κ1) is 20.4. The Kier molecular flexibility index (Phi) is 4.96. The number of amides is 1. The maximum Gasteiger partial charge on any atom is 0.242 e. The molecule has 3 aliphatic rings. The van der Waals surface area contributed by atoms with Crippen molar-refractivity contribution < 1.29 is 19.0 Å². The SMILES string of the molecule is COc1ccc2c(c1)[C@H]1OCC3(CCN(C(=O)Cn4ccnc4)CC3)C[C@@H]1C(C)(C)O2. The Balaban J connectivity index is 1.29. The Morgan fingerprint density at radius 1 is 1.29 bits per heavy atom. The first-order valence-electron chi connectivity index (χ1n) is 11.1. The van der Waals surface area contributed by atoms with Gasteiger partial charge in [-0.1, -0.05) is 0 Å². The maximum atomic E-state index is 12.7. The lowest BCUT2D eigenvalue weighted by atomic mass is 9.64. The number of carbonyl (C=O) groups excluding carboxylic acids is 1. The fourth-order valence-corrected chi connectivity index (χ4v) is 5.48. The molecule has 1 aromatic heterocycles. The van der Waals surface area contributed by atoms with Crippen molar-refractivity contribution in [2.75, 3.05) is 26.8 Å². The minimum Gasteiger partial charge on any atom is -0.497 e. The van der Waals surface area contributed by atoms with Crippen LogP contribution in [-0.2, 0) is 16.1 Å². The molecular formula is C24H31N3O4. The molecule has 1 spiro atoms. The smallest absolute Gasteiger partial charge is 0.242 e. The quantitative estimate of drug-likeness (QED) is 0.754. The van der Waals surface area contributed by atoms with Crippen molar-refractivity contribution in [2.24, 2.45) is 11.3 Å². The third-order valence-corrected chi connectivity index (χ3v) is 7.43. The van der Waals surface area contributed by atoms with E-state index in [0.29, 0.717) is 6.54 Å². The molecule has 2 saturated heterocycles. The summed E-state index contributed by atoms with van der Waals surface area (Å²) in [5.41, 5.74) is 0.879. The van der Waals surface area contributed by atoms with Gasteiger partial charge in [-0.3, -0.25) is 4.79 Å². The van der Waals surface area contributed by atoms with Crippen LogP contribution in [0.2, 0.25) is 0 Å². The second-order valence-electron chi connectivity index (χ2n) is 9.77. The molecule has 7 heteroatoms. The highest BCUT2D eigenvalue weighted by Crippen LogP contribution is 2.55. The van der Waals surface area contributed by atoms with E-state index in [2.05, 4.69) is 24.9 Å². The first-order chi connectivity index (χ1) is 14.9. The van der Waals surface area contributed by atoms with Gasteiger partial charge < -0.3 is 23.7 Å². The van der Waals surface area contributed by atoms with Gasteiger partial charge >= 0.3 is 0 Å². The number of imidazole rings is 1. The highest BCUT2D eigenvalue weighted by atomic mass is 16.5. The van der Waals surface area contributed by atoms with Crippen LogP contribution in [0.5, 0.6) is 11.5 Å². The average molecular weight is 426 g/mol. The summed E-state index contributed by atoms with van der Waals surface area (Å²) in [6, 6.07) is 5.98. The molecule has 0 aliphatic carbocycles. The second-order valence-corrected chi connectivity index (χ2v) is 9.77. The summed E-state index contributed by atoms with van der Waals surface area (Å²) in [6.07, 6.45) is 8.22. The Hall–Kier alpha value is -2.54. The number of hydrogen-bond acceptors (Lipinski definition) is 5. The lowest BCUT2D eigenvalue weighted by molar-refractivity contribution is -0.176. The van der Waals surface area contributed by atoms with Gasteiger partial charge in [0.2, 0.25) is 5.91 Å². The summed E-state index contributed by atoms with van der Waals surface area (Å²) >= 11 is 0. The number of ether oxygens (including phenoxy) is 3. The molecule has 0 saturated carbocycles. The number of likely N-dealkylation sites (tertiary alicyclic amines) is 1. The van der Waals surface area contributed by atoms with Crippen molar-refractivity contribution in [3.8, 4) is 11.5 Å². The van der Waals surface area contributed by atoms with Crippen molar-refractivity contribution in [1.29, 1.82) is 0 Å². The zero-order valence-electron chi connectivity index (χ0n) is 18.5. The number of benzene rings is 1. The molecule has 7 nitrogen and oxygen atoms in total. The summed E-state index contributed by atoms with van der Waals surface area (Å²) in [5, 5.41) is 0. The molecule has 1 aromatic carbocycles. The van der Waals surface area contributed by atoms with E-state index in [0.717, 1.165) is 56.0 Å². The normalized spacial score (nSPS) is 26.0. The van der Waals surface area contributed by atoms with Crippen LogP contribution >= 0.6 is 0 Å². The molecule has 2 atom stereocenters. The number of piperidine rings is 1. The molecule has 3 aliphatic heterocycles. The number of methoxy groups -OCH3 is 1. The van der Waals surface area contributed by atoms with E-state index in [1.165, 1.54) is 0 Å². The fourth-order valence-electron chi connectivity index (χ4n) is 5.48. The van der Waals surface area contributed by atoms with Gasteiger partial charge in [0.1, 0.15) is 23.6 Å². The van der Waals surface area contributed by atoms with Crippen molar-refractivity contribution in [1.82, 2.24) is 14.5 Å². The van der Waals surface area contributed by atoms with Gasteiger partial charge in [0, 0.05) is 37.0 Å². The van der Waals surface area contributed by atoms with E-state index in [-0.39, 0.29) is 28.9 Å². The van der Waals surface area contributed by atoms with E-state index in [1.807, 2.05) is 27.8 Å². The molecule has 5 rings (SSSR count). The molecule has 31 heavy (non-hydrogen) atoms. The van der Waals surface area contributed by atoms with Crippen LogP contribution in [0.1, 0.15) is 44.8 Å². The minimum absolute atomic E-state index is 0.0142. The van der Waals surface area contributed by atoms with Crippen LogP contribution in [-0.4, -0.2) is 52.8 Å². The fraction of sp³-hybridized carbons (Fsp3) is 0.583. The number of nitrogens with zero attached hydrogens (tertiary/aromatic N) is 3. The summed E-state index contributed by atoms with van der Waals surface area (Å²) < 4.78 is 20.3. The van der Waals surface area contributed by atoms with Gasteiger partial charge in [0.05, 0.1) is 26.1 Å². The largest absolute Gasteiger partial charge is 0.497 e. The van der Waals surface area contributed by atoms with E-state index in [4.69, 9.17) is 14.2 Å². The molecule has 166 valence electrons. The van der Waals surface area contributed by atoms with Crippen LogP contribution in [0, 0.1) is 11.3 Å². The summed E-state index contributed by atoms with van der Waals surface area (Å²) in [4.78, 5) is 18.7. The average Bonchev–Trinajstić information content (AvgIpc) is 3.27. The highest BCUT2D eigenvalue weighted by molar-refractivity contribution is 5.76. The van der Waals surface area contributed by atoms with E-state index in [9.17, 15) is 4.79 Å². The molecule has 2 fully saturated rings. The molecule has 0 unspecified atom stereocenters. The topological polar surface area (TPSA) is 65.8 Å². The van der Waals surface area contributed by atoms with Crippen molar-refractivity contribution in [3.05, 3.63) is 42.5 Å². The zero-order chi connectivity index (χ0) is 21.6. The Morgan fingerprint density at radius 3 is 2.81 bits per heavy atom. The van der Waals surface area contributed by atoms with E-state index < -0.39 is 0 Å². The lowest BCUT2D eigenvalue weighted by Gasteiger charge is -2.54. The predicted octanol–water partition coefficient (Wildman–Crippen LogP) is 3.45. The number of fused-ring (bicyclic) bond motifs is 3. The molecule has 2 aromatic rings. The Bertz CT molecular complexity index is 948. The van der Waals surface area contributed by atoms with Crippen molar-refractivity contribution in [3.63, 3.8) is 0 Å². The van der Waals surface area contributed by atoms with Gasteiger partial charge in [-0.05, 0) is 56.7 Å². The standard InChI is InChI=1S/C24H31N3O4/c1-23(2)19-13-24(6-9-27(10-7-24)21(28)14-26-11-8-25-16-26)15-30-22(19)18-12-17(29-3)4-5-20(18)31-23/h4-5,8,11-12,16,19,22H,6-7,9-10,13-15H2,1-3H3/t19-,22+/m0/s1. The second kappa shape index (κ2) is 7.55. The van der Waals surface area contributed by atoms with Crippen LogP contribution in [0.3, 0.4) is 0 Å². The molecular weight excluding hydrogens is 394 g/mol. The third-order valence-electron chi connectivity index (χ3n) is 7.43. The minimum atomic E-state index is -0.311. The monoisotopic (exact) mass is 425 g/mol. The third kappa shape index (κ3) is 3.69. The Morgan fingerprint density at radius 2 is 2.10 bits per heavy atom. The molecule has 0 bridgehead atoms. The van der Waals surface area contributed by atoms with Gasteiger partial charge in [-0.15, -0.1) is 0 Å². The van der Waals surface area contributed by atoms with E-state index in [1.54, 1.807) is 19.6 Å². The van der Waals surface area contributed by atoms with Crippen LogP contribution in [0.25, 0.3) is 0 Å². The summed E-state index contributed by atoms with van der Waals surface area (Å²) in [6.45, 7) is 6.98. The van der Waals surface area contributed by atoms with Crippen LogP contribution in [0.4, 0.5) is 0 Å². The summed E-state index contributed by atoms with van der Waals surface area (Å²) in [5.74, 6) is 2.14. The van der Waals surface area contributed by atoms with Crippen molar-refractivity contribution in [2.45, 2.75) is 51.4 Å². The first-order valence-corrected chi connectivity index (χ1v) is 11.1. The predicted molar refractivity (Wildman–Crippen MR) is 115 cm³/mol. The van der Waals surface area contributed by atoms with E-state index >= 15 is 0 Å². The zero-order valence-corrected chi connectivity index (χ0v) is 18.5. The van der Waals surface area contributed by atoms with Crippen molar-refractivity contribution >= 4 is 5.91 Å². The highest BCUT2D eigenvalue weighted by Gasteiger charge is 2.53. The van der Waals surface area contributed by atoms with Gasteiger partial charge in [0.15, 0.2) is 0 Å². The number of rotatable bonds is 3. The Labute approximate surface area is 183 Å². The number of aromatic nitrogens is 2. The van der Waals surface area contributed by atoms with Crippen LogP contribution in [0.15, 0.2) is 36.9 Å². The molecule has 4 heterocycles. The van der Waals surface area contributed by atoms with Crippen LogP contribution < -0.4 is 9.47 Å². The molecule has 1 amide bonds. The number of carbonyl (C=O) groups is 1. The molecule has 0 radical (unpaired) electrons. The van der Waals surface area contributed by atoms with Gasteiger partial charge in [-0.25, -0.2) is 4.98 Å². The van der Waals surface area contributed by atoms with Gasteiger partial charge in [-0.2, -0.15) is 0 Å². The van der Waals surface area contributed by atoms with Gasteiger partial charge in [0.25, 0.3) is 0 Å². The molecule has 0 N–H and O–H groups in total.